The van der Waals surface area contributed by atoms with Crippen molar-refractivity contribution >= 4 is 17.1 Å². The number of para-hydroxylation sites is 2. The van der Waals surface area contributed by atoms with Crippen LogP contribution < -0.4 is 4.90 Å². The van der Waals surface area contributed by atoms with Crippen molar-refractivity contribution in [3.63, 3.8) is 0 Å². The molecule has 0 unspecified atom stereocenters. The van der Waals surface area contributed by atoms with Crippen molar-refractivity contribution in [2.45, 2.75) is 44.4 Å². The molecule has 8 aromatic rings. The predicted octanol–water partition coefficient (Wildman–Crippen LogP) is 14.0. The lowest BCUT2D eigenvalue weighted by molar-refractivity contribution is 0.597. The van der Waals surface area contributed by atoms with Gasteiger partial charge in [0.25, 0.3) is 0 Å². The first kappa shape index (κ1) is 34.0. The van der Waals surface area contributed by atoms with E-state index >= 15 is 0 Å². The summed E-state index contributed by atoms with van der Waals surface area (Å²) in [6.45, 7) is 9.37. The van der Waals surface area contributed by atoms with E-state index in [0.717, 1.165) is 33.8 Å². The molecular formula is C54H44N2. The molecule has 2 aliphatic rings. The van der Waals surface area contributed by atoms with Crippen molar-refractivity contribution in [3.8, 4) is 33.6 Å². The average molecular weight is 721 g/mol. The maximum Gasteiger partial charge on any atom is 0.0715 e. The van der Waals surface area contributed by atoms with Crippen LogP contribution in [0.4, 0.5) is 17.1 Å². The number of anilines is 3. The van der Waals surface area contributed by atoms with Crippen molar-refractivity contribution in [1.82, 2.24) is 4.98 Å². The fraction of sp³-hybridized carbons (Fsp3) is 0.130. The molecule has 0 bridgehead atoms. The number of hydrogen-bond acceptors (Lipinski definition) is 2. The Bertz CT molecular complexity index is 2470. The van der Waals surface area contributed by atoms with Crippen molar-refractivity contribution < 1.29 is 0 Å². The van der Waals surface area contributed by atoms with Crippen LogP contribution in [0.2, 0.25) is 0 Å². The molecule has 0 amide bonds. The highest BCUT2D eigenvalue weighted by molar-refractivity contribution is 5.87. The van der Waals surface area contributed by atoms with Gasteiger partial charge in [0.2, 0.25) is 0 Å². The molecule has 0 saturated carbocycles. The van der Waals surface area contributed by atoms with Crippen LogP contribution in [0, 0.1) is 0 Å². The Morgan fingerprint density at radius 3 is 1.36 bits per heavy atom. The van der Waals surface area contributed by atoms with E-state index in [-0.39, 0.29) is 16.7 Å². The molecule has 2 nitrogen and oxygen atoms in total. The lowest BCUT2D eigenvalue weighted by Crippen LogP contribution is -2.30. The van der Waals surface area contributed by atoms with E-state index in [1.807, 2.05) is 0 Å². The van der Waals surface area contributed by atoms with Gasteiger partial charge < -0.3 is 4.90 Å². The Morgan fingerprint density at radius 2 is 0.821 bits per heavy atom. The van der Waals surface area contributed by atoms with E-state index < -0.39 is 0 Å². The van der Waals surface area contributed by atoms with Crippen LogP contribution >= 0.6 is 0 Å². The van der Waals surface area contributed by atoms with Gasteiger partial charge in [0.05, 0.1) is 22.8 Å². The topological polar surface area (TPSA) is 16.1 Å². The van der Waals surface area contributed by atoms with E-state index in [0.29, 0.717) is 0 Å². The third-order valence-corrected chi connectivity index (χ3v) is 12.4. The highest BCUT2D eigenvalue weighted by atomic mass is 15.2. The van der Waals surface area contributed by atoms with Gasteiger partial charge in [0.1, 0.15) is 0 Å². The van der Waals surface area contributed by atoms with E-state index in [4.69, 9.17) is 4.98 Å². The van der Waals surface area contributed by atoms with Crippen LogP contribution in [-0.2, 0) is 10.8 Å². The van der Waals surface area contributed by atoms with Crippen LogP contribution in [0.25, 0.3) is 33.6 Å². The quantitative estimate of drug-likeness (QED) is 0.176. The molecule has 56 heavy (non-hydrogen) atoms. The Hall–Kier alpha value is -6.51. The summed E-state index contributed by atoms with van der Waals surface area (Å²) in [6, 6.07) is 68.8. The molecule has 2 heterocycles. The zero-order chi connectivity index (χ0) is 38.0. The smallest absolute Gasteiger partial charge is 0.0715 e. The monoisotopic (exact) mass is 720 g/mol. The summed E-state index contributed by atoms with van der Waals surface area (Å²) in [7, 11) is 0. The second kappa shape index (κ2) is 13.1. The predicted molar refractivity (Wildman–Crippen MR) is 233 cm³/mol. The lowest BCUT2D eigenvalue weighted by atomic mass is 9.64. The molecule has 0 saturated heterocycles. The van der Waals surface area contributed by atoms with Gasteiger partial charge in [-0.1, -0.05) is 179 Å². The standard InChI is InChI=1S/C54H44N2/c1-53(2)44-20-10-8-18-42(44)52(43-19-9-11-21-45(43)53)39-28-26-37(27-29-39)48-34-40(36-16-6-5-7-17-36)35-49(55-48)38-30-32-41(33-31-38)56-50-24-14-12-22-46(50)54(3,4)47-23-13-15-25-51(47)56/h5-35,52H,1-4H3. The molecule has 2 heteroatoms. The van der Waals surface area contributed by atoms with E-state index in [1.165, 1.54) is 55.9 Å². The van der Waals surface area contributed by atoms with Crippen molar-refractivity contribution in [2.24, 2.45) is 0 Å². The highest BCUT2D eigenvalue weighted by Crippen LogP contribution is 2.52. The van der Waals surface area contributed by atoms with Crippen LogP contribution in [0.1, 0.15) is 72.6 Å². The Kier molecular flexibility index (Phi) is 7.94. The largest absolute Gasteiger partial charge is 0.310 e. The summed E-state index contributed by atoms with van der Waals surface area (Å²) in [5.74, 6) is 0.173. The summed E-state index contributed by atoms with van der Waals surface area (Å²) >= 11 is 0. The molecule has 0 spiro atoms. The van der Waals surface area contributed by atoms with E-state index in [1.54, 1.807) is 0 Å². The van der Waals surface area contributed by atoms with Gasteiger partial charge >= 0.3 is 0 Å². The second-order valence-corrected chi connectivity index (χ2v) is 16.4. The molecule has 10 rings (SSSR count). The van der Waals surface area contributed by atoms with Gasteiger partial charge in [-0.15, -0.1) is 0 Å². The molecule has 270 valence electrons. The number of benzene rings is 7. The van der Waals surface area contributed by atoms with Gasteiger partial charge in [-0.25, -0.2) is 4.98 Å². The minimum atomic E-state index is -0.0949. The van der Waals surface area contributed by atoms with Crippen LogP contribution in [-0.4, -0.2) is 4.98 Å². The number of aromatic nitrogens is 1. The van der Waals surface area contributed by atoms with Crippen LogP contribution in [0.3, 0.4) is 0 Å². The van der Waals surface area contributed by atoms with Gasteiger partial charge in [-0.2, -0.15) is 0 Å². The van der Waals surface area contributed by atoms with Crippen molar-refractivity contribution in [3.05, 3.63) is 227 Å². The minimum absolute atomic E-state index is 0.0559. The van der Waals surface area contributed by atoms with E-state index in [2.05, 4.69) is 221 Å². The third-order valence-electron chi connectivity index (χ3n) is 12.4. The first-order chi connectivity index (χ1) is 27.3. The summed E-state index contributed by atoms with van der Waals surface area (Å²) in [4.78, 5) is 7.76. The normalized spacial score (nSPS) is 15.0. The molecule has 1 aliphatic carbocycles. The molecule has 0 radical (unpaired) electrons. The maximum absolute atomic E-state index is 5.35. The zero-order valence-corrected chi connectivity index (χ0v) is 32.4. The summed E-state index contributed by atoms with van der Waals surface area (Å²) in [5.41, 5.74) is 19.4. The number of rotatable bonds is 5. The number of fused-ring (bicyclic) bond motifs is 4. The molecule has 0 atom stereocenters. The van der Waals surface area contributed by atoms with Crippen LogP contribution in [0.5, 0.6) is 0 Å². The Balaban J connectivity index is 1.04. The molecule has 0 fully saturated rings. The van der Waals surface area contributed by atoms with Crippen LogP contribution in [0.15, 0.2) is 188 Å². The lowest BCUT2D eigenvalue weighted by Gasteiger charge is -2.42. The average Bonchev–Trinajstić information content (AvgIpc) is 3.25. The number of hydrogen-bond donors (Lipinski definition) is 0. The summed E-state index contributed by atoms with van der Waals surface area (Å²) in [6.07, 6.45) is 0. The fourth-order valence-electron chi connectivity index (χ4n) is 9.51. The van der Waals surface area contributed by atoms with Crippen molar-refractivity contribution in [1.29, 1.82) is 0 Å². The highest BCUT2D eigenvalue weighted by Gasteiger charge is 2.38. The third kappa shape index (κ3) is 5.43. The SMILES string of the molecule is CC1(C)c2ccccc2C(c2ccc(-c3cc(-c4ccccc4)cc(-c4ccc(N5c6ccccc6C(C)(C)c6ccccc65)cc4)n3)cc2)c2ccccc21. The maximum atomic E-state index is 5.35. The van der Waals surface area contributed by atoms with E-state index in [9.17, 15) is 0 Å². The fourth-order valence-corrected chi connectivity index (χ4v) is 9.51. The van der Waals surface area contributed by atoms with Gasteiger partial charge in [0, 0.05) is 33.6 Å². The molecule has 7 aromatic carbocycles. The minimum Gasteiger partial charge on any atom is -0.310 e. The summed E-state index contributed by atoms with van der Waals surface area (Å²) < 4.78 is 0. The van der Waals surface area contributed by atoms with Crippen molar-refractivity contribution in [2.75, 3.05) is 4.90 Å². The molecular weight excluding hydrogens is 677 g/mol. The summed E-state index contributed by atoms with van der Waals surface area (Å²) in [5, 5.41) is 0. The first-order valence-electron chi connectivity index (χ1n) is 19.8. The number of pyridine rings is 1. The van der Waals surface area contributed by atoms with Gasteiger partial charge in [-0.05, 0) is 86.5 Å². The molecule has 1 aromatic heterocycles. The molecule has 0 N–H and O–H groups in total. The van der Waals surface area contributed by atoms with Gasteiger partial charge in [-0.3, -0.25) is 0 Å². The zero-order valence-electron chi connectivity index (χ0n) is 32.4. The second-order valence-electron chi connectivity index (χ2n) is 16.4. The Morgan fingerprint density at radius 1 is 0.393 bits per heavy atom. The number of nitrogens with zero attached hydrogens (tertiary/aromatic N) is 2. The first-order valence-corrected chi connectivity index (χ1v) is 19.8. The molecule has 1 aliphatic heterocycles. The Labute approximate surface area is 330 Å². The van der Waals surface area contributed by atoms with Gasteiger partial charge in [0.15, 0.2) is 0 Å².